The molecule has 2 N–H and O–H groups in total. The number of pyridine rings is 1. The quantitative estimate of drug-likeness (QED) is 0.858. The SMILES string of the molecule is Nc1nc(Cc2ccncc2)nc(N2CCOCC2)n1. The van der Waals surface area contributed by atoms with Crippen LogP contribution in [-0.2, 0) is 11.2 Å². The second kappa shape index (κ2) is 5.79. The van der Waals surface area contributed by atoms with E-state index in [0.717, 1.165) is 18.7 Å². The van der Waals surface area contributed by atoms with E-state index in [1.54, 1.807) is 12.4 Å². The predicted octanol–water partition coefficient (Wildman–Crippen LogP) is 0.276. The molecule has 0 amide bonds. The molecule has 0 aliphatic carbocycles. The van der Waals surface area contributed by atoms with Crippen LogP contribution in [-0.4, -0.2) is 46.2 Å². The third kappa shape index (κ3) is 3.00. The Kier molecular flexibility index (Phi) is 3.69. The third-order valence-corrected chi connectivity index (χ3v) is 3.09. The van der Waals surface area contributed by atoms with Gasteiger partial charge in [-0.2, -0.15) is 15.0 Å². The number of anilines is 2. The number of hydrogen-bond acceptors (Lipinski definition) is 7. The summed E-state index contributed by atoms with van der Waals surface area (Å²) in [6.45, 7) is 2.92. The summed E-state index contributed by atoms with van der Waals surface area (Å²) in [6.07, 6.45) is 4.12. The van der Waals surface area contributed by atoms with Gasteiger partial charge in [-0.3, -0.25) is 4.98 Å². The minimum atomic E-state index is 0.255. The predicted molar refractivity (Wildman–Crippen MR) is 74.3 cm³/mol. The van der Waals surface area contributed by atoms with Crippen molar-refractivity contribution in [2.75, 3.05) is 36.9 Å². The van der Waals surface area contributed by atoms with E-state index in [1.165, 1.54) is 0 Å². The van der Waals surface area contributed by atoms with Crippen molar-refractivity contribution in [2.45, 2.75) is 6.42 Å². The Balaban J connectivity index is 1.82. The van der Waals surface area contributed by atoms with Crippen LogP contribution in [0, 0.1) is 0 Å². The van der Waals surface area contributed by atoms with Crippen LogP contribution in [0.1, 0.15) is 11.4 Å². The molecule has 104 valence electrons. The van der Waals surface area contributed by atoms with Crippen molar-refractivity contribution in [1.29, 1.82) is 0 Å². The third-order valence-electron chi connectivity index (χ3n) is 3.09. The molecule has 0 radical (unpaired) electrons. The number of morpholine rings is 1. The molecule has 7 nitrogen and oxygen atoms in total. The summed E-state index contributed by atoms with van der Waals surface area (Å²) in [5, 5.41) is 0. The zero-order chi connectivity index (χ0) is 13.8. The molecule has 2 aromatic rings. The van der Waals surface area contributed by atoms with Gasteiger partial charge >= 0.3 is 0 Å². The van der Waals surface area contributed by atoms with E-state index in [9.17, 15) is 0 Å². The minimum absolute atomic E-state index is 0.255. The first kappa shape index (κ1) is 12.7. The van der Waals surface area contributed by atoms with Gasteiger partial charge < -0.3 is 15.4 Å². The highest BCUT2D eigenvalue weighted by molar-refractivity contribution is 5.35. The van der Waals surface area contributed by atoms with Gasteiger partial charge in [0.25, 0.3) is 0 Å². The van der Waals surface area contributed by atoms with Gasteiger partial charge in [0.2, 0.25) is 11.9 Å². The molecule has 2 aromatic heterocycles. The summed E-state index contributed by atoms with van der Waals surface area (Å²) < 4.78 is 5.33. The molecular weight excluding hydrogens is 256 g/mol. The molecular formula is C13H16N6O. The van der Waals surface area contributed by atoms with Crippen molar-refractivity contribution in [1.82, 2.24) is 19.9 Å². The summed E-state index contributed by atoms with van der Waals surface area (Å²) in [6, 6.07) is 3.88. The molecule has 0 spiro atoms. The van der Waals surface area contributed by atoms with Crippen LogP contribution in [0.4, 0.5) is 11.9 Å². The lowest BCUT2D eigenvalue weighted by atomic mass is 10.2. The molecule has 1 fully saturated rings. The van der Waals surface area contributed by atoms with E-state index in [1.807, 2.05) is 12.1 Å². The Morgan fingerprint density at radius 1 is 1.10 bits per heavy atom. The molecule has 1 aliphatic heterocycles. The van der Waals surface area contributed by atoms with Crippen LogP contribution in [0.25, 0.3) is 0 Å². The molecule has 0 atom stereocenters. The monoisotopic (exact) mass is 272 g/mol. The van der Waals surface area contributed by atoms with Gasteiger partial charge in [0.1, 0.15) is 5.82 Å². The molecule has 0 unspecified atom stereocenters. The lowest BCUT2D eigenvalue weighted by Gasteiger charge is -2.26. The van der Waals surface area contributed by atoms with Gasteiger partial charge in [0, 0.05) is 31.9 Å². The Labute approximate surface area is 116 Å². The molecule has 20 heavy (non-hydrogen) atoms. The fourth-order valence-electron chi connectivity index (χ4n) is 2.09. The van der Waals surface area contributed by atoms with Crippen molar-refractivity contribution < 1.29 is 4.74 Å². The number of hydrogen-bond donors (Lipinski definition) is 1. The number of rotatable bonds is 3. The first-order chi connectivity index (χ1) is 9.81. The van der Waals surface area contributed by atoms with Gasteiger partial charge in [-0.05, 0) is 17.7 Å². The Morgan fingerprint density at radius 3 is 2.60 bits per heavy atom. The maximum atomic E-state index is 5.79. The van der Waals surface area contributed by atoms with E-state index in [4.69, 9.17) is 10.5 Å². The van der Waals surface area contributed by atoms with Crippen LogP contribution in [0.15, 0.2) is 24.5 Å². The second-order valence-corrected chi connectivity index (χ2v) is 4.54. The topological polar surface area (TPSA) is 90.0 Å². The number of aromatic nitrogens is 4. The Morgan fingerprint density at radius 2 is 1.85 bits per heavy atom. The second-order valence-electron chi connectivity index (χ2n) is 4.54. The summed E-state index contributed by atoms with van der Waals surface area (Å²) >= 11 is 0. The lowest BCUT2D eigenvalue weighted by molar-refractivity contribution is 0.122. The van der Waals surface area contributed by atoms with E-state index in [2.05, 4.69) is 24.8 Å². The summed E-state index contributed by atoms with van der Waals surface area (Å²) in [5.41, 5.74) is 6.88. The Bertz CT molecular complexity index is 570. The van der Waals surface area contributed by atoms with Crippen LogP contribution in [0.2, 0.25) is 0 Å². The highest BCUT2D eigenvalue weighted by Gasteiger charge is 2.15. The molecule has 0 saturated carbocycles. The van der Waals surface area contributed by atoms with Crippen molar-refractivity contribution in [3.63, 3.8) is 0 Å². The van der Waals surface area contributed by atoms with Crippen molar-refractivity contribution >= 4 is 11.9 Å². The zero-order valence-electron chi connectivity index (χ0n) is 11.1. The largest absolute Gasteiger partial charge is 0.378 e. The van der Waals surface area contributed by atoms with E-state index in [-0.39, 0.29) is 5.95 Å². The standard InChI is InChI=1S/C13H16N6O/c14-12-16-11(9-10-1-3-15-4-2-10)17-13(18-12)19-5-7-20-8-6-19/h1-4H,5-9H2,(H2,14,16,17,18). The van der Waals surface area contributed by atoms with Gasteiger partial charge in [-0.25, -0.2) is 0 Å². The van der Waals surface area contributed by atoms with Crippen molar-refractivity contribution in [3.8, 4) is 0 Å². The Hall–Kier alpha value is -2.28. The van der Waals surface area contributed by atoms with Crippen LogP contribution in [0.5, 0.6) is 0 Å². The summed E-state index contributed by atoms with van der Waals surface area (Å²) in [5.74, 6) is 1.56. The maximum absolute atomic E-state index is 5.79. The zero-order valence-corrected chi connectivity index (χ0v) is 11.1. The number of nitrogens with two attached hydrogens (primary N) is 1. The molecule has 7 heteroatoms. The smallest absolute Gasteiger partial charge is 0.230 e. The van der Waals surface area contributed by atoms with Gasteiger partial charge in [0.15, 0.2) is 0 Å². The van der Waals surface area contributed by atoms with Crippen molar-refractivity contribution in [2.24, 2.45) is 0 Å². The molecule has 1 saturated heterocycles. The van der Waals surface area contributed by atoms with E-state index in [0.29, 0.717) is 31.4 Å². The normalized spacial score (nSPS) is 15.3. The van der Waals surface area contributed by atoms with Gasteiger partial charge in [-0.15, -0.1) is 0 Å². The van der Waals surface area contributed by atoms with E-state index < -0.39 is 0 Å². The average molecular weight is 272 g/mol. The van der Waals surface area contributed by atoms with Crippen LogP contribution in [0.3, 0.4) is 0 Å². The molecule has 0 aromatic carbocycles. The van der Waals surface area contributed by atoms with Crippen LogP contribution >= 0.6 is 0 Å². The highest BCUT2D eigenvalue weighted by Crippen LogP contribution is 2.13. The molecule has 0 bridgehead atoms. The fourth-order valence-corrected chi connectivity index (χ4v) is 2.09. The minimum Gasteiger partial charge on any atom is -0.378 e. The first-order valence-electron chi connectivity index (χ1n) is 6.53. The van der Waals surface area contributed by atoms with Crippen LogP contribution < -0.4 is 10.6 Å². The average Bonchev–Trinajstić information content (AvgIpc) is 2.49. The van der Waals surface area contributed by atoms with Gasteiger partial charge in [-0.1, -0.05) is 0 Å². The number of ether oxygens (including phenoxy) is 1. The lowest BCUT2D eigenvalue weighted by Crippen LogP contribution is -2.37. The fraction of sp³-hybridized carbons (Fsp3) is 0.385. The first-order valence-corrected chi connectivity index (χ1v) is 6.53. The molecule has 3 rings (SSSR count). The molecule has 1 aliphatic rings. The summed E-state index contributed by atoms with van der Waals surface area (Å²) in [7, 11) is 0. The maximum Gasteiger partial charge on any atom is 0.230 e. The van der Waals surface area contributed by atoms with Gasteiger partial charge in [0.05, 0.1) is 13.2 Å². The van der Waals surface area contributed by atoms with E-state index >= 15 is 0 Å². The van der Waals surface area contributed by atoms with Crippen molar-refractivity contribution in [3.05, 3.63) is 35.9 Å². The number of nitrogen functional groups attached to an aromatic ring is 1. The number of nitrogens with zero attached hydrogens (tertiary/aromatic N) is 5. The highest BCUT2D eigenvalue weighted by atomic mass is 16.5. The summed E-state index contributed by atoms with van der Waals surface area (Å²) in [4.78, 5) is 19.0. The molecule has 3 heterocycles.